The van der Waals surface area contributed by atoms with Gasteiger partial charge in [0, 0.05) is 51.6 Å². The van der Waals surface area contributed by atoms with Crippen molar-refractivity contribution in [1.29, 1.82) is 0 Å². The molecule has 1 unspecified atom stereocenters. The van der Waals surface area contributed by atoms with Gasteiger partial charge in [-0.3, -0.25) is 9.79 Å². The van der Waals surface area contributed by atoms with Crippen molar-refractivity contribution in [2.45, 2.75) is 51.1 Å². The highest BCUT2D eigenvalue weighted by Gasteiger charge is 2.31. The van der Waals surface area contributed by atoms with E-state index in [0.29, 0.717) is 12.5 Å². The lowest BCUT2D eigenvalue weighted by Crippen LogP contribution is -2.45. The summed E-state index contributed by atoms with van der Waals surface area (Å²) in [5, 5.41) is 9.86. The number of hydrogen-bond acceptors (Lipinski definition) is 5. The topological polar surface area (TPSA) is 72.9 Å². The monoisotopic (exact) mass is 392 g/mol. The molecule has 150 valence electrons. The maximum absolute atomic E-state index is 12.7. The highest BCUT2D eigenvalue weighted by Crippen LogP contribution is 2.26. The lowest BCUT2D eigenvalue weighted by atomic mass is 9.88. The van der Waals surface area contributed by atoms with E-state index in [1.165, 1.54) is 19.3 Å². The van der Waals surface area contributed by atoms with Crippen molar-refractivity contribution >= 4 is 28.3 Å². The summed E-state index contributed by atoms with van der Waals surface area (Å²) in [5.74, 6) is 1.39. The highest BCUT2D eigenvalue weighted by molar-refractivity contribution is 7.13. The third-order valence-electron chi connectivity index (χ3n) is 5.38. The Morgan fingerprint density at radius 2 is 2.11 bits per heavy atom. The Morgan fingerprint density at radius 1 is 1.33 bits per heavy atom. The summed E-state index contributed by atoms with van der Waals surface area (Å²) in [6.07, 6.45) is 6.80. The van der Waals surface area contributed by atoms with Crippen LogP contribution in [0.4, 0.5) is 5.13 Å². The molecule has 0 aromatic carbocycles. The van der Waals surface area contributed by atoms with Crippen LogP contribution in [0, 0.1) is 5.92 Å². The number of guanidine groups is 1. The molecule has 7 nitrogen and oxygen atoms in total. The molecule has 1 amide bonds. The van der Waals surface area contributed by atoms with E-state index in [-0.39, 0.29) is 12.0 Å². The van der Waals surface area contributed by atoms with Crippen LogP contribution in [0.1, 0.15) is 44.2 Å². The van der Waals surface area contributed by atoms with Gasteiger partial charge in [0.1, 0.15) is 0 Å². The van der Waals surface area contributed by atoms with Crippen LogP contribution < -0.4 is 15.5 Å². The number of nitrogens with zero attached hydrogens (tertiary/aromatic N) is 4. The van der Waals surface area contributed by atoms with Gasteiger partial charge < -0.3 is 20.4 Å². The van der Waals surface area contributed by atoms with Gasteiger partial charge in [-0.15, -0.1) is 11.3 Å². The number of thiazole rings is 1. The van der Waals surface area contributed by atoms with Crippen LogP contribution in [0.5, 0.6) is 0 Å². The molecule has 0 spiro atoms. The minimum atomic E-state index is 0.255. The Hall–Kier alpha value is -1.83. The second-order valence-electron chi connectivity index (χ2n) is 7.69. The molecular weight excluding hydrogens is 360 g/mol. The number of nitrogens with one attached hydrogen (secondary N) is 2. The van der Waals surface area contributed by atoms with E-state index in [4.69, 9.17) is 0 Å². The molecule has 2 N–H and O–H groups in total. The first-order chi connectivity index (χ1) is 13.1. The first-order valence-corrected chi connectivity index (χ1v) is 10.8. The molecule has 0 radical (unpaired) electrons. The number of rotatable bonds is 5. The van der Waals surface area contributed by atoms with Gasteiger partial charge in [-0.25, -0.2) is 4.98 Å². The van der Waals surface area contributed by atoms with Gasteiger partial charge in [0.25, 0.3) is 0 Å². The normalized spacial score (nSPS) is 21.4. The summed E-state index contributed by atoms with van der Waals surface area (Å²) < 4.78 is 0. The molecule has 8 heteroatoms. The molecule has 1 aromatic rings. The number of carbonyl (C=O) groups is 1. The molecule has 1 aromatic heterocycles. The number of hydrogen-bond donors (Lipinski definition) is 2. The molecular formula is C19H32N6OS. The first-order valence-electron chi connectivity index (χ1n) is 9.94. The van der Waals surface area contributed by atoms with E-state index in [1.54, 1.807) is 18.4 Å². The predicted molar refractivity (Wildman–Crippen MR) is 111 cm³/mol. The molecule has 2 heterocycles. The van der Waals surface area contributed by atoms with Gasteiger partial charge >= 0.3 is 0 Å². The number of amides is 1. The summed E-state index contributed by atoms with van der Waals surface area (Å²) in [4.78, 5) is 25.7. The molecule has 1 aliphatic heterocycles. The van der Waals surface area contributed by atoms with Crippen LogP contribution in [-0.4, -0.2) is 62.0 Å². The fraction of sp³-hybridized carbons (Fsp3) is 0.737. The van der Waals surface area contributed by atoms with Gasteiger partial charge in [0.15, 0.2) is 11.1 Å². The van der Waals surface area contributed by atoms with Gasteiger partial charge in [-0.05, 0) is 19.3 Å². The number of carbonyl (C=O) groups excluding carboxylic acids is 1. The van der Waals surface area contributed by atoms with E-state index in [1.807, 2.05) is 23.9 Å². The van der Waals surface area contributed by atoms with Crippen molar-refractivity contribution in [3.05, 3.63) is 11.1 Å². The van der Waals surface area contributed by atoms with E-state index in [0.717, 1.165) is 49.1 Å². The third kappa shape index (κ3) is 5.34. The van der Waals surface area contributed by atoms with Crippen molar-refractivity contribution in [3.63, 3.8) is 0 Å². The average molecular weight is 393 g/mol. The highest BCUT2D eigenvalue weighted by atomic mass is 32.1. The zero-order valence-corrected chi connectivity index (χ0v) is 17.5. The predicted octanol–water partition coefficient (Wildman–Crippen LogP) is 2.06. The molecule has 2 aliphatic rings. The van der Waals surface area contributed by atoms with E-state index < -0.39 is 0 Å². The van der Waals surface area contributed by atoms with Crippen molar-refractivity contribution in [3.8, 4) is 0 Å². The van der Waals surface area contributed by atoms with Gasteiger partial charge in [-0.2, -0.15) is 0 Å². The fourth-order valence-corrected chi connectivity index (χ4v) is 4.59. The van der Waals surface area contributed by atoms with E-state index >= 15 is 0 Å². The second kappa shape index (κ2) is 9.39. The Kier molecular flexibility index (Phi) is 6.93. The van der Waals surface area contributed by atoms with Crippen LogP contribution in [0.2, 0.25) is 0 Å². The summed E-state index contributed by atoms with van der Waals surface area (Å²) in [7, 11) is 5.77. The van der Waals surface area contributed by atoms with Gasteiger partial charge in [0.2, 0.25) is 5.91 Å². The quantitative estimate of drug-likeness (QED) is 0.593. The molecule has 27 heavy (non-hydrogen) atoms. The Balaban J connectivity index is 1.45. The van der Waals surface area contributed by atoms with Crippen LogP contribution in [0.25, 0.3) is 0 Å². The second-order valence-corrected chi connectivity index (χ2v) is 8.53. The zero-order valence-electron chi connectivity index (χ0n) is 16.7. The average Bonchev–Trinajstić information content (AvgIpc) is 3.35. The van der Waals surface area contributed by atoms with E-state index in [9.17, 15) is 4.79 Å². The Bertz CT molecular complexity index is 652. The number of likely N-dealkylation sites (tertiary alicyclic amines) is 1. The van der Waals surface area contributed by atoms with Gasteiger partial charge in [0.05, 0.1) is 12.2 Å². The van der Waals surface area contributed by atoms with Crippen LogP contribution in [0.3, 0.4) is 0 Å². The van der Waals surface area contributed by atoms with Crippen molar-refractivity contribution < 1.29 is 4.79 Å². The van der Waals surface area contributed by atoms with Crippen LogP contribution in [0.15, 0.2) is 10.4 Å². The van der Waals surface area contributed by atoms with Crippen LogP contribution in [-0.2, 0) is 11.3 Å². The SMILES string of the molecule is CN=C(NCc1csc(N(C)C)n1)NC1CCN(C(=O)C2CCCCC2)C1. The minimum absolute atomic E-state index is 0.255. The van der Waals surface area contributed by atoms with Crippen molar-refractivity contribution in [1.82, 2.24) is 20.5 Å². The molecule has 2 fully saturated rings. The summed E-state index contributed by atoms with van der Waals surface area (Å²) in [6.45, 7) is 2.27. The zero-order chi connectivity index (χ0) is 19.2. The fourth-order valence-electron chi connectivity index (χ4n) is 3.83. The lowest BCUT2D eigenvalue weighted by molar-refractivity contribution is -0.135. The Morgan fingerprint density at radius 3 is 2.78 bits per heavy atom. The Labute approximate surface area is 166 Å². The minimum Gasteiger partial charge on any atom is -0.354 e. The molecule has 3 rings (SSSR count). The lowest BCUT2D eigenvalue weighted by Gasteiger charge is -2.26. The van der Waals surface area contributed by atoms with E-state index in [2.05, 4.69) is 26.0 Å². The maximum atomic E-state index is 12.7. The van der Waals surface area contributed by atoms with Crippen molar-refractivity contribution in [2.75, 3.05) is 39.1 Å². The van der Waals surface area contributed by atoms with Crippen LogP contribution >= 0.6 is 11.3 Å². The molecule has 1 atom stereocenters. The largest absolute Gasteiger partial charge is 0.354 e. The number of aliphatic imine (C=N–C) groups is 1. The summed E-state index contributed by atoms with van der Waals surface area (Å²) >= 11 is 1.64. The molecule has 0 bridgehead atoms. The van der Waals surface area contributed by atoms with Gasteiger partial charge in [-0.1, -0.05) is 19.3 Å². The third-order valence-corrected chi connectivity index (χ3v) is 6.44. The molecule has 1 aliphatic carbocycles. The standard InChI is InChI=1S/C19H32N6OS/c1-20-18(21-11-16-13-27-19(23-16)24(2)3)22-15-9-10-25(12-15)17(26)14-7-5-4-6-8-14/h13-15H,4-12H2,1-3H3,(H2,20,21,22). The number of aromatic nitrogens is 1. The maximum Gasteiger partial charge on any atom is 0.225 e. The van der Waals surface area contributed by atoms with Crippen molar-refractivity contribution in [2.24, 2.45) is 10.9 Å². The summed E-state index contributed by atoms with van der Waals surface area (Å²) in [6, 6.07) is 0.261. The first kappa shape index (κ1) is 19.9. The molecule has 1 saturated heterocycles. The summed E-state index contributed by atoms with van der Waals surface area (Å²) in [5.41, 5.74) is 1.01. The smallest absolute Gasteiger partial charge is 0.225 e. The number of anilines is 1. The molecule has 1 saturated carbocycles.